The Hall–Kier alpha value is -1.78. The fourth-order valence-electron chi connectivity index (χ4n) is 2.05. The first-order valence-corrected chi connectivity index (χ1v) is 5.79. The number of rotatable bonds is 4. The Bertz CT molecular complexity index is 537. The van der Waals surface area contributed by atoms with Crippen molar-refractivity contribution in [3.05, 3.63) is 71.3 Å². The third kappa shape index (κ3) is 2.80. The molecule has 2 aromatic rings. The van der Waals surface area contributed by atoms with E-state index in [-0.39, 0.29) is 12.2 Å². The Morgan fingerprint density at radius 2 is 1.58 bits per heavy atom. The molecule has 0 aliphatic heterocycles. The molecule has 0 spiro atoms. The smallest absolute Gasteiger partial charge is 0.138 e. The van der Waals surface area contributed by atoms with Crippen molar-refractivity contribution in [1.29, 1.82) is 0 Å². The van der Waals surface area contributed by atoms with Gasteiger partial charge in [-0.25, -0.2) is 8.78 Å². The average Bonchev–Trinajstić information content (AvgIpc) is 2.39. The van der Waals surface area contributed by atoms with Gasteiger partial charge in [-0.15, -0.1) is 0 Å². The van der Waals surface area contributed by atoms with E-state index in [1.807, 2.05) is 0 Å². The summed E-state index contributed by atoms with van der Waals surface area (Å²) in [5.41, 5.74) is -0.946. The van der Waals surface area contributed by atoms with Gasteiger partial charge in [-0.2, -0.15) is 0 Å². The molecule has 0 fully saturated rings. The molecule has 0 aliphatic rings. The van der Waals surface area contributed by atoms with Crippen molar-refractivity contribution in [1.82, 2.24) is 0 Å². The van der Waals surface area contributed by atoms with Crippen LogP contribution in [0, 0.1) is 11.6 Å². The van der Waals surface area contributed by atoms with Crippen LogP contribution in [-0.2, 0) is 10.3 Å². The molecule has 0 bridgehead atoms. The molecule has 1 atom stereocenters. The Morgan fingerprint density at radius 3 is 2.11 bits per heavy atom. The lowest BCUT2D eigenvalue weighted by Gasteiger charge is -2.28. The van der Waals surface area contributed by atoms with Crippen molar-refractivity contribution < 1.29 is 18.6 Å². The lowest BCUT2D eigenvalue weighted by atomic mass is 9.87. The molecule has 0 aromatic heterocycles. The molecule has 0 saturated heterocycles. The normalized spacial score (nSPS) is 14.1. The second-order valence-corrected chi connectivity index (χ2v) is 4.32. The zero-order valence-electron chi connectivity index (χ0n) is 10.4. The van der Waals surface area contributed by atoms with E-state index >= 15 is 0 Å². The van der Waals surface area contributed by atoms with Gasteiger partial charge in [0.05, 0.1) is 6.61 Å². The Morgan fingerprint density at radius 1 is 1.00 bits per heavy atom. The number of ether oxygens (including phenoxy) is 1. The summed E-state index contributed by atoms with van der Waals surface area (Å²) >= 11 is 0. The summed E-state index contributed by atoms with van der Waals surface area (Å²) in [7, 11) is 1.42. The minimum atomic E-state index is -1.58. The summed E-state index contributed by atoms with van der Waals surface area (Å²) < 4.78 is 31.6. The van der Waals surface area contributed by atoms with E-state index in [9.17, 15) is 13.9 Å². The van der Waals surface area contributed by atoms with Crippen LogP contribution in [0.15, 0.2) is 48.5 Å². The maximum atomic E-state index is 13.3. The highest BCUT2D eigenvalue weighted by Gasteiger charge is 2.32. The SMILES string of the molecule is COCC(O)(c1ccccc1)c1cc(F)cc(F)c1. The Labute approximate surface area is 110 Å². The maximum absolute atomic E-state index is 13.3. The van der Waals surface area contributed by atoms with Crippen LogP contribution in [0.2, 0.25) is 0 Å². The fourth-order valence-corrected chi connectivity index (χ4v) is 2.05. The minimum Gasteiger partial charge on any atom is -0.381 e. The molecule has 0 radical (unpaired) electrons. The molecular weight excluding hydrogens is 250 g/mol. The first kappa shape index (κ1) is 13.6. The number of hydrogen-bond donors (Lipinski definition) is 1. The van der Waals surface area contributed by atoms with Gasteiger partial charge in [-0.3, -0.25) is 0 Å². The van der Waals surface area contributed by atoms with Crippen LogP contribution in [0.4, 0.5) is 8.78 Å². The number of benzene rings is 2. The highest BCUT2D eigenvalue weighted by atomic mass is 19.1. The molecule has 19 heavy (non-hydrogen) atoms. The van der Waals surface area contributed by atoms with Crippen molar-refractivity contribution in [2.75, 3.05) is 13.7 Å². The van der Waals surface area contributed by atoms with Crippen molar-refractivity contribution in [2.24, 2.45) is 0 Å². The summed E-state index contributed by atoms with van der Waals surface area (Å²) in [6, 6.07) is 11.6. The third-order valence-corrected chi connectivity index (χ3v) is 2.94. The van der Waals surface area contributed by atoms with Gasteiger partial charge in [0.25, 0.3) is 0 Å². The Balaban J connectivity index is 2.56. The molecule has 2 nitrogen and oxygen atoms in total. The van der Waals surface area contributed by atoms with Crippen molar-refractivity contribution in [3.63, 3.8) is 0 Å². The van der Waals surface area contributed by atoms with Gasteiger partial charge in [-0.05, 0) is 23.3 Å². The molecule has 0 aliphatic carbocycles. The first-order valence-electron chi connectivity index (χ1n) is 5.79. The van der Waals surface area contributed by atoms with Crippen LogP contribution in [-0.4, -0.2) is 18.8 Å². The molecule has 0 heterocycles. The second-order valence-electron chi connectivity index (χ2n) is 4.32. The van der Waals surface area contributed by atoms with E-state index in [1.54, 1.807) is 30.3 Å². The van der Waals surface area contributed by atoms with E-state index in [0.29, 0.717) is 5.56 Å². The van der Waals surface area contributed by atoms with Gasteiger partial charge in [-0.1, -0.05) is 30.3 Å². The van der Waals surface area contributed by atoms with Crippen LogP contribution in [0.25, 0.3) is 0 Å². The van der Waals surface area contributed by atoms with Crippen LogP contribution in [0.1, 0.15) is 11.1 Å². The van der Waals surface area contributed by atoms with E-state index in [0.717, 1.165) is 18.2 Å². The van der Waals surface area contributed by atoms with Crippen LogP contribution >= 0.6 is 0 Å². The van der Waals surface area contributed by atoms with Gasteiger partial charge in [0, 0.05) is 13.2 Å². The number of hydrogen-bond acceptors (Lipinski definition) is 2. The number of halogens is 2. The van der Waals surface area contributed by atoms with Crippen LogP contribution < -0.4 is 0 Å². The second kappa shape index (κ2) is 5.47. The molecule has 100 valence electrons. The molecule has 0 saturated carbocycles. The largest absolute Gasteiger partial charge is 0.381 e. The van der Waals surface area contributed by atoms with Gasteiger partial charge >= 0.3 is 0 Å². The molecule has 4 heteroatoms. The molecule has 2 rings (SSSR count). The monoisotopic (exact) mass is 264 g/mol. The minimum absolute atomic E-state index is 0.0973. The van der Waals surface area contributed by atoms with Crippen LogP contribution in [0.5, 0.6) is 0 Å². The van der Waals surface area contributed by atoms with E-state index in [4.69, 9.17) is 4.74 Å². The highest BCUT2D eigenvalue weighted by molar-refractivity contribution is 5.36. The average molecular weight is 264 g/mol. The maximum Gasteiger partial charge on any atom is 0.138 e. The molecule has 1 N–H and O–H groups in total. The van der Waals surface area contributed by atoms with E-state index in [1.165, 1.54) is 7.11 Å². The van der Waals surface area contributed by atoms with Gasteiger partial charge in [0.2, 0.25) is 0 Å². The van der Waals surface area contributed by atoms with Gasteiger partial charge in [0.15, 0.2) is 0 Å². The molecular formula is C15H14F2O2. The van der Waals surface area contributed by atoms with Crippen molar-refractivity contribution >= 4 is 0 Å². The fraction of sp³-hybridized carbons (Fsp3) is 0.200. The predicted molar refractivity (Wildman–Crippen MR) is 67.7 cm³/mol. The zero-order chi connectivity index (χ0) is 13.9. The van der Waals surface area contributed by atoms with E-state index < -0.39 is 17.2 Å². The van der Waals surface area contributed by atoms with Gasteiger partial charge < -0.3 is 9.84 Å². The topological polar surface area (TPSA) is 29.5 Å². The van der Waals surface area contributed by atoms with Crippen molar-refractivity contribution in [3.8, 4) is 0 Å². The predicted octanol–water partition coefficient (Wildman–Crippen LogP) is 2.85. The highest BCUT2D eigenvalue weighted by Crippen LogP contribution is 2.30. The number of methoxy groups -OCH3 is 1. The summed E-state index contributed by atoms with van der Waals surface area (Å²) in [6.45, 7) is -0.0973. The van der Waals surface area contributed by atoms with E-state index in [2.05, 4.69) is 0 Å². The quantitative estimate of drug-likeness (QED) is 0.920. The first-order chi connectivity index (χ1) is 9.06. The summed E-state index contributed by atoms with van der Waals surface area (Å²) in [6.07, 6.45) is 0. The third-order valence-electron chi connectivity index (χ3n) is 2.94. The molecule has 0 amide bonds. The molecule has 1 unspecified atom stereocenters. The summed E-state index contributed by atoms with van der Waals surface area (Å²) in [5, 5.41) is 10.7. The zero-order valence-corrected chi connectivity index (χ0v) is 10.4. The van der Waals surface area contributed by atoms with Gasteiger partial charge in [0.1, 0.15) is 17.2 Å². The lowest BCUT2D eigenvalue weighted by molar-refractivity contribution is -0.00368. The lowest BCUT2D eigenvalue weighted by Crippen LogP contribution is -2.32. The number of aliphatic hydroxyl groups is 1. The summed E-state index contributed by atoms with van der Waals surface area (Å²) in [4.78, 5) is 0. The van der Waals surface area contributed by atoms with Crippen molar-refractivity contribution in [2.45, 2.75) is 5.60 Å². The standard InChI is InChI=1S/C15H14F2O2/c1-19-10-15(18,11-5-3-2-4-6-11)12-7-13(16)9-14(17)8-12/h2-9,18H,10H2,1H3. The Kier molecular flexibility index (Phi) is 3.93. The summed E-state index contributed by atoms with van der Waals surface area (Å²) in [5.74, 6) is -1.47. The molecule has 2 aromatic carbocycles. The van der Waals surface area contributed by atoms with Crippen LogP contribution in [0.3, 0.4) is 0 Å².